The van der Waals surface area contributed by atoms with Crippen molar-refractivity contribution in [2.75, 3.05) is 40.3 Å². The first kappa shape index (κ1) is 15.3. The fourth-order valence-electron chi connectivity index (χ4n) is 2.78. The molecule has 0 radical (unpaired) electrons. The quantitative estimate of drug-likeness (QED) is 0.910. The standard InChI is InChI=1S/C16H26N2O2/c1-16(2)12-18(10-9-17(16)3)11-14(19)13-7-5-6-8-15(13)20-4/h5-8,14,19H,9-12H2,1-4H3. The molecule has 1 N–H and O–H groups in total. The molecule has 112 valence electrons. The largest absolute Gasteiger partial charge is 0.496 e. The summed E-state index contributed by atoms with van der Waals surface area (Å²) in [4.78, 5) is 4.70. The number of methoxy groups -OCH3 is 1. The van der Waals surface area contributed by atoms with Gasteiger partial charge in [0.1, 0.15) is 5.75 Å². The summed E-state index contributed by atoms with van der Waals surface area (Å²) in [6.07, 6.45) is -0.509. The van der Waals surface area contributed by atoms with Crippen molar-refractivity contribution < 1.29 is 9.84 Å². The predicted octanol–water partition coefficient (Wildman–Crippen LogP) is 1.75. The molecule has 20 heavy (non-hydrogen) atoms. The maximum Gasteiger partial charge on any atom is 0.124 e. The summed E-state index contributed by atoms with van der Waals surface area (Å²) in [5, 5.41) is 10.5. The fraction of sp³-hybridized carbons (Fsp3) is 0.625. The van der Waals surface area contributed by atoms with Gasteiger partial charge in [-0.05, 0) is 27.0 Å². The number of aliphatic hydroxyl groups is 1. The van der Waals surface area contributed by atoms with Gasteiger partial charge in [0.2, 0.25) is 0 Å². The van der Waals surface area contributed by atoms with Gasteiger partial charge in [-0.15, -0.1) is 0 Å². The molecule has 4 heteroatoms. The van der Waals surface area contributed by atoms with E-state index in [0.29, 0.717) is 6.54 Å². The molecule has 0 spiro atoms. The van der Waals surface area contributed by atoms with E-state index < -0.39 is 6.10 Å². The van der Waals surface area contributed by atoms with Crippen LogP contribution in [0.15, 0.2) is 24.3 Å². The summed E-state index contributed by atoms with van der Waals surface area (Å²) in [5.41, 5.74) is 1.02. The summed E-state index contributed by atoms with van der Waals surface area (Å²) in [6, 6.07) is 7.69. The normalized spacial score (nSPS) is 21.6. The number of hydrogen-bond donors (Lipinski definition) is 1. The maximum absolute atomic E-state index is 10.5. The molecule has 1 heterocycles. The van der Waals surface area contributed by atoms with Crippen LogP contribution in [0.4, 0.5) is 0 Å². The lowest BCUT2D eigenvalue weighted by molar-refractivity contribution is 0.0137. The highest BCUT2D eigenvalue weighted by Crippen LogP contribution is 2.27. The molecule has 0 saturated carbocycles. The molecule has 1 saturated heterocycles. The Morgan fingerprint density at radius 1 is 1.30 bits per heavy atom. The smallest absolute Gasteiger partial charge is 0.124 e. The topological polar surface area (TPSA) is 35.9 Å². The monoisotopic (exact) mass is 278 g/mol. The Balaban J connectivity index is 2.03. The highest BCUT2D eigenvalue weighted by molar-refractivity contribution is 5.35. The van der Waals surface area contributed by atoms with E-state index >= 15 is 0 Å². The van der Waals surface area contributed by atoms with Gasteiger partial charge in [0, 0.05) is 37.3 Å². The van der Waals surface area contributed by atoms with Crippen LogP contribution in [0.25, 0.3) is 0 Å². The second-order valence-electron chi connectivity index (χ2n) is 6.23. The van der Waals surface area contributed by atoms with Crippen molar-refractivity contribution in [3.8, 4) is 5.75 Å². The van der Waals surface area contributed by atoms with Gasteiger partial charge >= 0.3 is 0 Å². The molecule has 0 aromatic heterocycles. The van der Waals surface area contributed by atoms with Gasteiger partial charge in [-0.3, -0.25) is 9.80 Å². The van der Waals surface area contributed by atoms with Gasteiger partial charge in [-0.2, -0.15) is 0 Å². The number of likely N-dealkylation sites (N-methyl/N-ethyl adjacent to an activating group) is 1. The third-order valence-electron chi connectivity index (χ3n) is 4.32. The average Bonchev–Trinajstić information content (AvgIpc) is 2.42. The number of piperazine rings is 1. The van der Waals surface area contributed by atoms with Crippen LogP contribution in [0, 0.1) is 0 Å². The predicted molar refractivity (Wildman–Crippen MR) is 81.1 cm³/mol. The zero-order valence-electron chi connectivity index (χ0n) is 13.0. The zero-order valence-corrected chi connectivity index (χ0v) is 13.0. The molecule has 1 unspecified atom stereocenters. The summed E-state index contributed by atoms with van der Waals surface area (Å²) >= 11 is 0. The molecule has 0 amide bonds. The van der Waals surface area contributed by atoms with Gasteiger partial charge in [0.05, 0.1) is 13.2 Å². The van der Waals surface area contributed by atoms with Crippen LogP contribution in [0.2, 0.25) is 0 Å². The van der Waals surface area contributed by atoms with Gasteiger partial charge < -0.3 is 9.84 Å². The second-order valence-corrected chi connectivity index (χ2v) is 6.23. The first-order valence-electron chi connectivity index (χ1n) is 7.18. The van der Waals surface area contributed by atoms with E-state index in [9.17, 15) is 5.11 Å². The minimum atomic E-state index is -0.509. The Hall–Kier alpha value is -1.10. The number of hydrogen-bond acceptors (Lipinski definition) is 4. The molecule has 1 aliphatic rings. The molecule has 1 aliphatic heterocycles. The summed E-state index contributed by atoms with van der Waals surface area (Å²) in [6.45, 7) is 8.13. The second kappa shape index (κ2) is 6.12. The Bertz CT molecular complexity index is 448. The van der Waals surface area contributed by atoms with E-state index in [4.69, 9.17) is 4.74 Å². The first-order chi connectivity index (χ1) is 9.44. The molecule has 1 aromatic rings. The van der Waals surface area contributed by atoms with Crippen LogP contribution < -0.4 is 4.74 Å². The van der Waals surface area contributed by atoms with Gasteiger partial charge in [-0.1, -0.05) is 18.2 Å². The Morgan fingerprint density at radius 2 is 2.00 bits per heavy atom. The molecule has 0 aliphatic carbocycles. The van der Waals surface area contributed by atoms with Crippen LogP contribution in [0.3, 0.4) is 0 Å². The summed E-state index contributed by atoms with van der Waals surface area (Å²) < 4.78 is 5.33. The molecule has 4 nitrogen and oxygen atoms in total. The Labute approximate surface area is 122 Å². The third-order valence-corrected chi connectivity index (χ3v) is 4.32. The molecular weight excluding hydrogens is 252 g/mol. The highest BCUT2D eigenvalue weighted by atomic mass is 16.5. The number of benzene rings is 1. The van der Waals surface area contributed by atoms with Crippen molar-refractivity contribution in [1.29, 1.82) is 0 Å². The van der Waals surface area contributed by atoms with Crippen LogP contribution in [-0.4, -0.2) is 60.8 Å². The van der Waals surface area contributed by atoms with Crippen molar-refractivity contribution in [2.45, 2.75) is 25.5 Å². The van der Waals surface area contributed by atoms with Crippen molar-refractivity contribution in [3.05, 3.63) is 29.8 Å². The van der Waals surface area contributed by atoms with Crippen molar-refractivity contribution in [3.63, 3.8) is 0 Å². The summed E-state index contributed by atoms with van der Waals surface area (Å²) in [5.74, 6) is 0.758. The van der Waals surface area contributed by atoms with E-state index in [0.717, 1.165) is 30.9 Å². The fourth-order valence-corrected chi connectivity index (χ4v) is 2.78. The molecule has 1 fully saturated rings. The van der Waals surface area contributed by atoms with Crippen molar-refractivity contribution >= 4 is 0 Å². The molecular formula is C16H26N2O2. The highest BCUT2D eigenvalue weighted by Gasteiger charge is 2.32. The van der Waals surface area contributed by atoms with E-state index in [2.05, 4.69) is 30.7 Å². The Kier molecular flexibility index (Phi) is 4.68. The summed E-state index contributed by atoms with van der Waals surface area (Å²) in [7, 11) is 3.80. The first-order valence-corrected chi connectivity index (χ1v) is 7.18. The minimum absolute atomic E-state index is 0.152. The maximum atomic E-state index is 10.5. The van der Waals surface area contributed by atoms with Crippen molar-refractivity contribution in [2.24, 2.45) is 0 Å². The molecule has 1 aromatic carbocycles. The van der Waals surface area contributed by atoms with Crippen LogP contribution in [-0.2, 0) is 0 Å². The van der Waals surface area contributed by atoms with E-state index in [-0.39, 0.29) is 5.54 Å². The lowest BCUT2D eigenvalue weighted by atomic mass is 9.98. The van der Waals surface area contributed by atoms with Gasteiger partial charge in [0.25, 0.3) is 0 Å². The lowest BCUT2D eigenvalue weighted by Crippen LogP contribution is -2.58. The van der Waals surface area contributed by atoms with Gasteiger partial charge in [0.15, 0.2) is 0 Å². The third kappa shape index (κ3) is 3.32. The van der Waals surface area contributed by atoms with Gasteiger partial charge in [-0.25, -0.2) is 0 Å². The SMILES string of the molecule is COc1ccccc1C(O)CN1CCN(C)C(C)(C)C1. The molecule has 1 atom stereocenters. The van der Waals surface area contributed by atoms with Crippen LogP contribution in [0.5, 0.6) is 5.75 Å². The van der Waals surface area contributed by atoms with Crippen LogP contribution >= 0.6 is 0 Å². The Morgan fingerprint density at radius 3 is 2.65 bits per heavy atom. The van der Waals surface area contributed by atoms with E-state index in [1.807, 2.05) is 24.3 Å². The number of nitrogens with zero attached hydrogens (tertiary/aromatic N) is 2. The number of aliphatic hydroxyl groups excluding tert-OH is 1. The number of rotatable bonds is 4. The van der Waals surface area contributed by atoms with E-state index in [1.165, 1.54) is 0 Å². The molecule has 2 rings (SSSR count). The van der Waals surface area contributed by atoms with Crippen molar-refractivity contribution in [1.82, 2.24) is 9.80 Å². The number of para-hydroxylation sites is 1. The number of β-amino-alcohol motifs (C(OH)–C–C–N with tert-alkyl or cyclic N) is 1. The lowest BCUT2D eigenvalue weighted by Gasteiger charge is -2.45. The average molecular weight is 278 g/mol. The number of ether oxygens (including phenoxy) is 1. The van der Waals surface area contributed by atoms with E-state index in [1.54, 1.807) is 7.11 Å². The minimum Gasteiger partial charge on any atom is -0.496 e. The molecule has 0 bridgehead atoms. The van der Waals surface area contributed by atoms with Crippen LogP contribution in [0.1, 0.15) is 25.5 Å². The zero-order chi connectivity index (χ0) is 14.8.